The van der Waals surface area contributed by atoms with Gasteiger partial charge in [-0.05, 0) is 57.4 Å². The Morgan fingerprint density at radius 1 is 1.00 bits per heavy atom. The van der Waals surface area contributed by atoms with Gasteiger partial charge in [0.15, 0.2) is 0 Å². The van der Waals surface area contributed by atoms with Gasteiger partial charge >= 0.3 is 0 Å². The Bertz CT molecular complexity index is 186. The van der Waals surface area contributed by atoms with Crippen molar-refractivity contribution >= 4 is 0 Å². The van der Waals surface area contributed by atoms with Crippen molar-refractivity contribution in [2.75, 3.05) is 6.54 Å². The smallest absolute Gasteiger partial charge is 0.00724 e. The first-order chi connectivity index (χ1) is 7.41. The molecular weight excluding hydrogens is 194 g/mol. The fraction of sp³-hybridized carbons (Fsp3) is 1.00. The second-order valence-electron chi connectivity index (χ2n) is 6.59. The summed E-state index contributed by atoms with van der Waals surface area (Å²) in [5.74, 6) is 2.64. The molecular formula is C15H31N. The van der Waals surface area contributed by atoms with Gasteiger partial charge in [-0.25, -0.2) is 0 Å². The van der Waals surface area contributed by atoms with Crippen LogP contribution in [-0.2, 0) is 0 Å². The minimum Gasteiger partial charge on any atom is -0.298 e. The highest BCUT2D eigenvalue weighted by Gasteiger charge is 2.31. The van der Waals surface area contributed by atoms with Crippen molar-refractivity contribution in [3.8, 4) is 0 Å². The first-order valence-corrected chi connectivity index (χ1v) is 7.17. The van der Waals surface area contributed by atoms with E-state index in [-0.39, 0.29) is 0 Å². The topological polar surface area (TPSA) is 3.24 Å². The predicted molar refractivity (Wildman–Crippen MR) is 72.6 cm³/mol. The molecule has 0 bridgehead atoms. The number of rotatable bonds is 4. The van der Waals surface area contributed by atoms with Crippen LogP contribution in [0.25, 0.3) is 0 Å². The molecule has 0 aromatic carbocycles. The molecule has 0 saturated carbocycles. The van der Waals surface area contributed by atoms with Gasteiger partial charge in [0, 0.05) is 12.1 Å². The Kier molecular flexibility index (Phi) is 5.30. The molecule has 2 unspecified atom stereocenters. The van der Waals surface area contributed by atoms with Crippen LogP contribution in [0.15, 0.2) is 0 Å². The molecule has 1 aliphatic heterocycles. The number of hydrogen-bond acceptors (Lipinski definition) is 1. The van der Waals surface area contributed by atoms with Crippen LogP contribution in [0, 0.1) is 17.8 Å². The molecule has 1 rings (SSSR count). The number of hydrogen-bond donors (Lipinski definition) is 0. The van der Waals surface area contributed by atoms with Gasteiger partial charge in [-0.2, -0.15) is 0 Å². The fourth-order valence-corrected chi connectivity index (χ4v) is 3.07. The van der Waals surface area contributed by atoms with E-state index in [1.54, 1.807) is 0 Å². The molecule has 1 saturated heterocycles. The summed E-state index contributed by atoms with van der Waals surface area (Å²) in [4.78, 5) is 2.74. The van der Waals surface area contributed by atoms with Crippen molar-refractivity contribution in [1.29, 1.82) is 0 Å². The standard InChI is InChI=1S/C15H31N/c1-11(2)7-8-16-13(5)9-15(12(3)4)10-14(16)6/h11-15H,7-10H2,1-6H3. The van der Waals surface area contributed by atoms with Gasteiger partial charge in [-0.15, -0.1) is 0 Å². The molecule has 1 heterocycles. The van der Waals surface area contributed by atoms with Gasteiger partial charge in [0.25, 0.3) is 0 Å². The van der Waals surface area contributed by atoms with Crippen molar-refractivity contribution in [3.63, 3.8) is 0 Å². The first kappa shape index (κ1) is 14.0. The molecule has 1 fully saturated rings. The summed E-state index contributed by atoms with van der Waals surface area (Å²) < 4.78 is 0. The van der Waals surface area contributed by atoms with E-state index in [9.17, 15) is 0 Å². The van der Waals surface area contributed by atoms with Gasteiger partial charge < -0.3 is 0 Å². The Labute approximate surface area is 103 Å². The molecule has 0 aromatic rings. The fourth-order valence-electron chi connectivity index (χ4n) is 3.07. The average Bonchev–Trinajstić information content (AvgIpc) is 2.15. The van der Waals surface area contributed by atoms with E-state index in [1.807, 2.05) is 0 Å². The quantitative estimate of drug-likeness (QED) is 0.694. The second kappa shape index (κ2) is 6.05. The third kappa shape index (κ3) is 3.76. The highest BCUT2D eigenvalue weighted by molar-refractivity contribution is 4.85. The van der Waals surface area contributed by atoms with Crippen molar-refractivity contribution in [2.24, 2.45) is 17.8 Å². The number of nitrogens with zero attached hydrogens (tertiary/aromatic N) is 1. The SMILES string of the molecule is CC(C)CCN1C(C)CC(C(C)C)CC1C. The highest BCUT2D eigenvalue weighted by atomic mass is 15.2. The Balaban J connectivity index is 2.48. The lowest BCUT2D eigenvalue weighted by molar-refractivity contribution is 0.0509. The lowest BCUT2D eigenvalue weighted by Crippen LogP contribution is -2.48. The summed E-state index contributed by atoms with van der Waals surface area (Å²) >= 11 is 0. The minimum absolute atomic E-state index is 0.787. The summed E-state index contributed by atoms with van der Waals surface area (Å²) in [5, 5.41) is 0. The average molecular weight is 225 g/mol. The van der Waals surface area contributed by atoms with Gasteiger partial charge in [-0.1, -0.05) is 27.7 Å². The van der Waals surface area contributed by atoms with Gasteiger partial charge in [-0.3, -0.25) is 4.90 Å². The number of likely N-dealkylation sites (tertiary alicyclic amines) is 1. The van der Waals surface area contributed by atoms with Crippen molar-refractivity contribution < 1.29 is 0 Å². The van der Waals surface area contributed by atoms with E-state index < -0.39 is 0 Å². The highest BCUT2D eigenvalue weighted by Crippen LogP contribution is 2.32. The van der Waals surface area contributed by atoms with E-state index in [2.05, 4.69) is 46.4 Å². The lowest BCUT2D eigenvalue weighted by atomic mass is 9.80. The van der Waals surface area contributed by atoms with E-state index in [4.69, 9.17) is 0 Å². The van der Waals surface area contributed by atoms with E-state index in [0.29, 0.717) is 0 Å². The van der Waals surface area contributed by atoms with Crippen molar-refractivity contribution in [2.45, 2.75) is 72.9 Å². The van der Waals surface area contributed by atoms with Crippen molar-refractivity contribution in [1.82, 2.24) is 4.90 Å². The van der Waals surface area contributed by atoms with Gasteiger partial charge in [0.1, 0.15) is 0 Å². The molecule has 16 heavy (non-hydrogen) atoms. The summed E-state index contributed by atoms with van der Waals surface area (Å²) in [6.07, 6.45) is 4.15. The summed E-state index contributed by atoms with van der Waals surface area (Å²) in [5.41, 5.74) is 0. The lowest BCUT2D eigenvalue weighted by Gasteiger charge is -2.44. The molecule has 0 aliphatic carbocycles. The van der Waals surface area contributed by atoms with E-state index in [0.717, 1.165) is 29.8 Å². The van der Waals surface area contributed by atoms with Gasteiger partial charge in [0.05, 0.1) is 0 Å². The third-order valence-electron chi connectivity index (χ3n) is 4.33. The second-order valence-corrected chi connectivity index (χ2v) is 6.59. The largest absolute Gasteiger partial charge is 0.298 e. The normalized spacial score (nSPS) is 32.6. The maximum absolute atomic E-state index is 2.74. The van der Waals surface area contributed by atoms with E-state index in [1.165, 1.54) is 25.8 Å². The van der Waals surface area contributed by atoms with Crippen LogP contribution in [0.2, 0.25) is 0 Å². The van der Waals surface area contributed by atoms with E-state index >= 15 is 0 Å². The minimum atomic E-state index is 0.787. The molecule has 2 atom stereocenters. The van der Waals surface area contributed by atoms with Crippen LogP contribution in [0.3, 0.4) is 0 Å². The zero-order valence-corrected chi connectivity index (χ0v) is 12.2. The van der Waals surface area contributed by atoms with Gasteiger partial charge in [0.2, 0.25) is 0 Å². The summed E-state index contributed by atoms with van der Waals surface area (Å²) in [6.45, 7) is 15.6. The molecule has 1 aliphatic rings. The molecule has 0 N–H and O–H groups in total. The van der Waals surface area contributed by atoms with Crippen LogP contribution in [0.5, 0.6) is 0 Å². The summed E-state index contributed by atoms with van der Waals surface area (Å²) in [7, 11) is 0. The molecule has 0 radical (unpaired) electrons. The van der Waals surface area contributed by atoms with Crippen LogP contribution in [-0.4, -0.2) is 23.5 Å². The molecule has 0 amide bonds. The Morgan fingerprint density at radius 2 is 1.50 bits per heavy atom. The molecule has 96 valence electrons. The number of piperidine rings is 1. The zero-order chi connectivity index (χ0) is 12.3. The maximum Gasteiger partial charge on any atom is 0.00724 e. The summed E-state index contributed by atoms with van der Waals surface area (Å²) in [6, 6.07) is 1.57. The van der Waals surface area contributed by atoms with Crippen LogP contribution < -0.4 is 0 Å². The molecule has 1 heteroatoms. The Hall–Kier alpha value is -0.0400. The maximum atomic E-state index is 2.74. The monoisotopic (exact) mass is 225 g/mol. The molecule has 1 nitrogen and oxygen atoms in total. The third-order valence-corrected chi connectivity index (χ3v) is 4.33. The Morgan fingerprint density at radius 3 is 1.88 bits per heavy atom. The first-order valence-electron chi connectivity index (χ1n) is 7.17. The molecule has 0 aromatic heterocycles. The predicted octanol–water partition coefficient (Wildman–Crippen LogP) is 4.18. The van der Waals surface area contributed by atoms with Crippen molar-refractivity contribution in [3.05, 3.63) is 0 Å². The van der Waals surface area contributed by atoms with Crippen LogP contribution >= 0.6 is 0 Å². The zero-order valence-electron chi connectivity index (χ0n) is 12.2. The van der Waals surface area contributed by atoms with Crippen LogP contribution in [0.4, 0.5) is 0 Å². The molecule has 0 spiro atoms. The van der Waals surface area contributed by atoms with Crippen LogP contribution in [0.1, 0.15) is 60.8 Å².